The van der Waals surface area contributed by atoms with Crippen molar-refractivity contribution in [1.82, 2.24) is 0 Å². The second-order valence-electron chi connectivity index (χ2n) is 3.71. The summed E-state index contributed by atoms with van der Waals surface area (Å²) < 4.78 is 38.9. The molecule has 0 N–H and O–H groups in total. The van der Waals surface area contributed by atoms with E-state index in [1.165, 1.54) is 37.7 Å². The first kappa shape index (κ1) is 14.9. The highest BCUT2D eigenvalue weighted by atomic mass is 32.2. The summed E-state index contributed by atoms with van der Waals surface area (Å²) in [5.74, 6) is 0.310. The van der Waals surface area contributed by atoms with Crippen LogP contribution >= 0.6 is 11.8 Å². The summed E-state index contributed by atoms with van der Waals surface area (Å²) >= 11 is 1.40. The molecule has 0 saturated carbocycles. The van der Waals surface area contributed by atoms with Crippen molar-refractivity contribution in [2.45, 2.75) is 20.0 Å². The molecule has 18 heavy (non-hydrogen) atoms. The van der Waals surface area contributed by atoms with Crippen LogP contribution in [0.4, 0.5) is 13.2 Å². The van der Waals surface area contributed by atoms with Crippen molar-refractivity contribution < 1.29 is 18.0 Å². The molecule has 0 saturated heterocycles. The molecule has 1 aromatic rings. The highest BCUT2D eigenvalue weighted by Gasteiger charge is 2.35. The Morgan fingerprint density at radius 2 is 2.06 bits per heavy atom. The first-order valence-electron chi connectivity index (χ1n) is 5.20. The molecule has 0 aromatic heterocycles. The standard InChI is InChI=1S/C12H14F3NOS/c1-8-5-4-6-10(11(8)12(13,14)15)9(2)16-17-7-18-3/h4-6H,7H2,1-3H3. The van der Waals surface area contributed by atoms with Gasteiger partial charge in [-0.3, -0.25) is 0 Å². The second kappa shape index (κ2) is 6.13. The number of aryl methyl sites for hydroxylation is 1. The molecule has 1 aromatic carbocycles. The number of benzene rings is 1. The molecule has 0 amide bonds. The van der Waals surface area contributed by atoms with Gasteiger partial charge >= 0.3 is 6.18 Å². The predicted octanol–water partition coefficient (Wildman–Crippen LogP) is 4.07. The van der Waals surface area contributed by atoms with Crippen LogP contribution < -0.4 is 0 Å². The number of thioether (sulfide) groups is 1. The Morgan fingerprint density at radius 1 is 1.39 bits per heavy atom. The average Bonchev–Trinajstić information content (AvgIpc) is 2.27. The van der Waals surface area contributed by atoms with E-state index < -0.39 is 11.7 Å². The van der Waals surface area contributed by atoms with Gasteiger partial charge in [-0.15, -0.1) is 11.8 Å². The van der Waals surface area contributed by atoms with Crippen molar-refractivity contribution >= 4 is 17.5 Å². The van der Waals surface area contributed by atoms with E-state index in [-0.39, 0.29) is 16.8 Å². The molecular weight excluding hydrogens is 263 g/mol. The monoisotopic (exact) mass is 277 g/mol. The summed E-state index contributed by atoms with van der Waals surface area (Å²) in [6.07, 6.45) is -2.57. The van der Waals surface area contributed by atoms with Crippen LogP contribution in [0.3, 0.4) is 0 Å². The fourth-order valence-electron chi connectivity index (χ4n) is 1.57. The van der Waals surface area contributed by atoms with Gasteiger partial charge in [0.15, 0.2) is 5.94 Å². The van der Waals surface area contributed by atoms with Crippen LogP contribution in [0.2, 0.25) is 0 Å². The van der Waals surface area contributed by atoms with E-state index in [9.17, 15) is 13.2 Å². The number of hydrogen-bond acceptors (Lipinski definition) is 3. The number of nitrogens with zero attached hydrogens (tertiary/aromatic N) is 1. The Hall–Kier alpha value is -1.17. The van der Waals surface area contributed by atoms with Crippen molar-refractivity contribution in [1.29, 1.82) is 0 Å². The van der Waals surface area contributed by atoms with Crippen molar-refractivity contribution in [2.75, 3.05) is 12.2 Å². The molecule has 0 radical (unpaired) electrons. The maximum Gasteiger partial charge on any atom is 0.417 e. The topological polar surface area (TPSA) is 21.6 Å². The van der Waals surface area contributed by atoms with Gasteiger partial charge in [0, 0.05) is 5.56 Å². The molecule has 0 fully saturated rings. The normalized spacial score (nSPS) is 12.7. The van der Waals surface area contributed by atoms with Gasteiger partial charge in [0.1, 0.15) is 0 Å². The van der Waals surface area contributed by atoms with Gasteiger partial charge < -0.3 is 4.84 Å². The van der Waals surface area contributed by atoms with Crippen LogP contribution in [0.1, 0.15) is 23.6 Å². The number of rotatable bonds is 4. The van der Waals surface area contributed by atoms with E-state index in [0.29, 0.717) is 5.94 Å². The summed E-state index contributed by atoms with van der Waals surface area (Å²) in [6, 6.07) is 4.41. The Balaban J connectivity index is 3.16. The molecule has 0 aliphatic rings. The van der Waals surface area contributed by atoms with E-state index in [2.05, 4.69) is 5.16 Å². The molecule has 0 bridgehead atoms. The quantitative estimate of drug-likeness (QED) is 0.358. The lowest BCUT2D eigenvalue weighted by Crippen LogP contribution is -2.14. The average molecular weight is 277 g/mol. The van der Waals surface area contributed by atoms with Crippen molar-refractivity contribution in [3.8, 4) is 0 Å². The lowest BCUT2D eigenvalue weighted by atomic mass is 9.98. The number of halogens is 3. The maximum atomic E-state index is 13.0. The van der Waals surface area contributed by atoms with E-state index in [0.717, 1.165) is 0 Å². The first-order chi connectivity index (χ1) is 8.38. The summed E-state index contributed by atoms with van der Waals surface area (Å²) in [5, 5.41) is 3.70. The van der Waals surface area contributed by atoms with Crippen LogP contribution in [0.25, 0.3) is 0 Å². The zero-order chi connectivity index (χ0) is 13.8. The zero-order valence-corrected chi connectivity index (χ0v) is 11.2. The number of hydrogen-bond donors (Lipinski definition) is 0. The van der Waals surface area contributed by atoms with Crippen molar-refractivity contribution in [3.05, 3.63) is 34.9 Å². The fraction of sp³-hybridized carbons (Fsp3) is 0.417. The van der Waals surface area contributed by atoms with Gasteiger partial charge in [0.25, 0.3) is 0 Å². The molecule has 100 valence electrons. The molecule has 0 heterocycles. The minimum atomic E-state index is -4.39. The molecule has 1 rings (SSSR count). The summed E-state index contributed by atoms with van der Waals surface area (Å²) in [7, 11) is 0. The van der Waals surface area contributed by atoms with Crippen LogP contribution in [-0.4, -0.2) is 17.9 Å². The molecule has 6 heteroatoms. The Kier molecular flexibility index (Phi) is 5.07. The van der Waals surface area contributed by atoms with E-state index in [1.54, 1.807) is 6.07 Å². The molecule has 0 aliphatic carbocycles. The van der Waals surface area contributed by atoms with Gasteiger partial charge in [-0.25, -0.2) is 0 Å². The lowest BCUT2D eigenvalue weighted by molar-refractivity contribution is -0.138. The van der Waals surface area contributed by atoms with E-state index in [1.807, 2.05) is 6.26 Å². The molecule has 0 spiro atoms. The Bertz CT molecular complexity index is 443. The molecule has 0 aliphatic heterocycles. The number of oxime groups is 1. The van der Waals surface area contributed by atoms with Crippen molar-refractivity contribution in [2.24, 2.45) is 5.16 Å². The highest BCUT2D eigenvalue weighted by Crippen LogP contribution is 2.34. The Labute approximate surface area is 108 Å². The van der Waals surface area contributed by atoms with Gasteiger partial charge in [0.2, 0.25) is 0 Å². The maximum absolute atomic E-state index is 13.0. The van der Waals surface area contributed by atoms with Crippen LogP contribution in [-0.2, 0) is 11.0 Å². The predicted molar refractivity (Wildman–Crippen MR) is 67.9 cm³/mol. The third kappa shape index (κ3) is 3.66. The molecule has 0 unspecified atom stereocenters. The van der Waals surface area contributed by atoms with Gasteiger partial charge in [0.05, 0.1) is 11.3 Å². The molecule has 0 atom stereocenters. The molecular formula is C12H14F3NOS. The second-order valence-corrected chi connectivity index (χ2v) is 4.52. The molecule has 2 nitrogen and oxygen atoms in total. The van der Waals surface area contributed by atoms with Gasteiger partial charge in [-0.2, -0.15) is 13.2 Å². The first-order valence-corrected chi connectivity index (χ1v) is 6.60. The third-order valence-corrected chi connectivity index (χ3v) is 2.66. The lowest BCUT2D eigenvalue weighted by Gasteiger charge is -2.15. The minimum Gasteiger partial charge on any atom is -0.385 e. The van der Waals surface area contributed by atoms with Crippen molar-refractivity contribution in [3.63, 3.8) is 0 Å². The van der Waals surface area contributed by atoms with Gasteiger partial charge in [-0.1, -0.05) is 23.4 Å². The zero-order valence-electron chi connectivity index (χ0n) is 10.3. The SMILES string of the molecule is CSCON=C(C)c1cccc(C)c1C(F)(F)F. The van der Waals surface area contributed by atoms with Gasteiger partial charge in [-0.05, 0) is 25.7 Å². The van der Waals surface area contributed by atoms with Crippen LogP contribution in [0, 0.1) is 6.92 Å². The van der Waals surface area contributed by atoms with E-state index >= 15 is 0 Å². The minimum absolute atomic E-state index is 0.0589. The summed E-state index contributed by atoms with van der Waals surface area (Å²) in [4.78, 5) is 4.89. The van der Waals surface area contributed by atoms with Crippen LogP contribution in [0.15, 0.2) is 23.4 Å². The van der Waals surface area contributed by atoms with E-state index in [4.69, 9.17) is 4.84 Å². The third-order valence-electron chi connectivity index (χ3n) is 2.32. The Morgan fingerprint density at radius 3 is 2.61 bits per heavy atom. The fourth-order valence-corrected chi connectivity index (χ4v) is 1.73. The summed E-state index contributed by atoms with van der Waals surface area (Å²) in [6.45, 7) is 2.94. The van der Waals surface area contributed by atoms with Crippen LogP contribution in [0.5, 0.6) is 0 Å². The highest BCUT2D eigenvalue weighted by molar-refractivity contribution is 7.98. The number of alkyl halides is 3. The summed E-state index contributed by atoms with van der Waals surface area (Å²) in [5.41, 5.74) is -0.193. The smallest absolute Gasteiger partial charge is 0.385 e. The largest absolute Gasteiger partial charge is 0.417 e.